The summed E-state index contributed by atoms with van der Waals surface area (Å²) in [7, 11) is 0. The highest BCUT2D eigenvalue weighted by atomic mass is 16.1. The molecule has 0 unspecified atom stereocenters. The van der Waals surface area contributed by atoms with Crippen molar-refractivity contribution in [2.24, 2.45) is 5.10 Å². The number of amides is 1. The summed E-state index contributed by atoms with van der Waals surface area (Å²) in [6, 6.07) is 25.9. The van der Waals surface area contributed by atoms with E-state index in [1.54, 1.807) is 55.6 Å². The molecule has 8 heteroatoms. The lowest BCUT2D eigenvalue weighted by Crippen LogP contribution is -2.22. The van der Waals surface area contributed by atoms with Gasteiger partial charge in [-0.15, -0.1) is 0 Å². The van der Waals surface area contributed by atoms with Crippen LogP contribution in [0.25, 0.3) is 11.3 Å². The Morgan fingerprint density at radius 2 is 1.83 bits per heavy atom. The first-order valence-corrected chi connectivity index (χ1v) is 10.9. The highest BCUT2D eigenvalue weighted by Crippen LogP contribution is 2.21. The van der Waals surface area contributed by atoms with Gasteiger partial charge in [-0.25, -0.2) is 9.97 Å². The Morgan fingerprint density at radius 1 is 1.06 bits per heavy atom. The number of nitrogens with zero attached hydrogens (tertiary/aromatic N) is 4. The Kier molecular flexibility index (Phi) is 7.09. The topological polar surface area (TPSA) is 129 Å². The molecule has 35 heavy (non-hydrogen) atoms. The van der Waals surface area contributed by atoms with E-state index in [0.717, 1.165) is 16.8 Å². The third kappa shape index (κ3) is 5.86. The van der Waals surface area contributed by atoms with E-state index in [1.807, 2.05) is 36.4 Å². The van der Waals surface area contributed by atoms with E-state index in [4.69, 9.17) is 11.0 Å². The molecule has 1 heterocycles. The van der Waals surface area contributed by atoms with Gasteiger partial charge in [0.25, 0.3) is 5.91 Å². The zero-order valence-corrected chi connectivity index (χ0v) is 19.1. The highest BCUT2D eigenvalue weighted by Gasteiger charge is 2.12. The molecular formula is C27H23N7O. The summed E-state index contributed by atoms with van der Waals surface area (Å²) in [4.78, 5) is 21.6. The Morgan fingerprint density at radius 3 is 2.57 bits per heavy atom. The molecular weight excluding hydrogens is 438 g/mol. The fourth-order valence-corrected chi connectivity index (χ4v) is 3.32. The van der Waals surface area contributed by atoms with E-state index in [-0.39, 0.29) is 11.7 Å². The number of carbonyl (C=O) groups is 1. The first-order valence-electron chi connectivity index (χ1n) is 10.9. The van der Waals surface area contributed by atoms with Gasteiger partial charge in [0.2, 0.25) is 0 Å². The number of aromatic nitrogens is 2. The second-order valence-electron chi connectivity index (χ2n) is 7.74. The normalized spacial score (nSPS) is 10.9. The Labute approximate surface area is 203 Å². The van der Waals surface area contributed by atoms with E-state index in [9.17, 15) is 4.79 Å². The number of hydrogen-bond donors (Lipinski definition) is 3. The number of nitriles is 1. The third-order valence-corrected chi connectivity index (χ3v) is 5.23. The standard InChI is InChI=1S/C27H23N7O/c1-18(33-34-23-12-10-19(15-28)11-13-23)25-26(29)30-17-24(32-25)21-8-5-9-22(14-21)27(35)31-16-20-6-3-2-4-7-20/h2-14,17,34H,16H2,1H3,(H2,29,30)(H,31,35)/b33-18+. The molecule has 0 aliphatic rings. The fraction of sp³-hybridized carbons (Fsp3) is 0.0741. The second-order valence-corrected chi connectivity index (χ2v) is 7.74. The minimum absolute atomic E-state index is 0.177. The summed E-state index contributed by atoms with van der Waals surface area (Å²) in [5.41, 5.74) is 14.1. The molecule has 0 aliphatic heterocycles. The molecule has 1 amide bonds. The minimum atomic E-state index is -0.177. The Balaban J connectivity index is 1.51. The molecule has 0 atom stereocenters. The monoisotopic (exact) mass is 461 g/mol. The van der Waals surface area contributed by atoms with Gasteiger partial charge in [-0.3, -0.25) is 10.2 Å². The molecule has 4 N–H and O–H groups in total. The third-order valence-electron chi connectivity index (χ3n) is 5.23. The predicted octanol–water partition coefficient (Wildman–Crippen LogP) is 4.36. The van der Waals surface area contributed by atoms with E-state index < -0.39 is 0 Å². The van der Waals surface area contributed by atoms with Crippen molar-refractivity contribution < 1.29 is 4.79 Å². The lowest BCUT2D eigenvalue weighted by atomic mass is 10.1. The van der Waals surface area contributed by atoms with Gasteiger partial charge in [-0.2, -0.15) is 10.4 Å². The predicted molar refractivity (Wildman–Crippen MR) is 136 cm³/mol. The molecule has 4 aromatic rings. The average Bonchev–Trinajstić information content (AvgIpc) is 2.91. The smallest absolute Gasteiger partial charge is 0.251 e. The van der Waals surface area contributed by atoms with Crippen molar-refractivity contribution in [2.75, 3.05) is 11.2 Å². The van der Waals surface area contributed by atoms with Crippen LogP contribution >= 0.6 is 0 Å². The summed E-state index contributed by atoms with van der Waals surface area (Å²) in [5, 5.41) is 16.2. The number of anilines is 2. The summed E-state index contributed by atoms with van der Waals surface area (Å²) in [6.45, 7) is 2.21. The summed E-state index contributed by atoms with van der Waals surface area (Å²) < 4.78 is 0. The second kappa shape index (κ2) is 10.7. The fourth-order valence-electron chi connectivity index (χ4n) is 3.32. The first kappa shape index (κ1) is 23.1. The van der Waals surface area contributed by atoms with Crippen molar-refractivity contribution in [3.8, 4) is 17.3 Å². The lowest BCUT2D eigenvalue weighted by molar-refractivity contribution is 0.0951. The van der Waals surface area contributed by atoms with Gasteiger partial charge in [0, 0.05) is 17.7 Å². The molecule has 4 rings (SSSR count). The number of nitrogen functional groups attached to an aromatic ring is 1. The van der Waals surface area contributed by atoms with E-state index >= 15 is 0 Å². The maximum absolute atomic E-state index is 12.7. The number of benzene rings is 3. The van der Waals surface area contributed by atoms with Crippen LogP contribution < -0.4 is 16.5 Å². The van der Waals surface area contributed by atoms with E-state index in [2.05, 4.69) is 31.9 Å². The highest BCUT2D eigenvalue weighted by molar-refractivity contribution is 6.01. The van der Waals surface area contributed by atoms with Crippen LogP contribution in [-0.2, 0) is 6.54 Å². The quantitative estimate of drug-likeness (QED) is 0.277. The van der Waals surface area contributed by atoms with Crippen molar-refractivity contribution in [3.05, 3.63) is 107 Å². The van der Waals surface area contributed by atoms with E-state index in [0.29, 0.717) is 34.8 Å². The van der Waals surface area contributed by atoms with Crippen LogP contribution in [0, 0.1) is 11.3 Å². The van der Waals surface area contributed by atoms with Crippen molar-refractivity contribution in [1.82, 2.24) is 15.3 Å². The van der Waals surface area contributed by atoms with E-state index in [1.165, 1.54) is 0 Å². The van der Waals surface area contributed by atoms with Crippen molar-refractivity contribution in [1.29, 1.82) is 5.26 Å². The SMILES string of the molecule is C/C(=N\Nc1ccc(C#N)cc1)c1nc(-c2cccc(C(=O)NCc3ccccc3)c2)cnc1N. The molecule has 8 nitrogen and oxygen atoms in total. The van der Waals surface area contributed by atoms with Gasteiger partial charge in [-0.1, -0.05) is 42.5 Å². The molecule has 0 saturated carbocycles. The maximum atomic E-state index is 12.7. The van der Waals surface area contributed by atoms with Crippen LogP contribution in [0.15, 0.2) is 90.2 Å². The number of carbonyl (C=O) groups excluding carboxylic acids is 1. The largest absolute Gasteiger partial charge is 0.382 e. The summed E-state index contributed by atoms with van der Waals surface area (Å²) in [5.74, 6) is 0.0667. The van der Waals surface area contributed by atoms with Crippen LogP contribution in [-0.4, -0.2) is 21.6 Å². The van der Waals surface area contributed by atoms with Crippen LogP contribution in [0.2, 0.25) is 0 Å². The van der Waals surface area contributed by atoms with Gasteiger partial charge < -0.3 is 11.1 Å². The van der Waals surface area contributed by atoms with Gasteiger partial charge in [-0.05, 0) is 48.9 Å². The van der Waals surface area contributed by atoms with Crippen molar-refractivity contribution in [3.63, 3.8) is 0 Å². The number of hydrogen-bond acceptors (Lipinski definition) is 7. The van der Waals surface area contributed by atoms with Crippen LogP contribution in [0.1, 0.15) is 34.1 Å². The molecule has 0 spiro atoms. The molecule has 0 aliphatic carbocycles. The Hall–Kier alpha value is -5.03. The van der Waals surface area contributed by atoms with Gasteiger partial charge in [0.05, 0.1) is 34.9 Å². The number of nitrogens with one attached hydrogen (secondary N) is 2. The Bertz CT molecular complexity index is 1410. The summed E-state index contributed by atoms with van der Waals surface area (Å²) in [6.07, 6.45) is 1.57. The van der Waals surface area contributed by atoms with Crippen LogP contribution in [0.3, 0.4) is 0 Å². The summed E-state index contributed by atoms with van der Waals surface area (Å²) >= 11 is 0. The first-order chi connectivity index (χ1) is 17.0. The van der Waals surface area contributed by atoms with Crippen LogP contribution in [0.5, 0.6) is 0 Å². The lowest BCUT2D eigenvalue weighted by Gasteiger charge is -2.09. The van der Waals surface area contributed by atoms with Gasteiger partial charge in [0.15, 0.2) is 5.82 Å². The molecule has 0 radical (unpaired) electrons. The molecule has 0 fully saturated rings. The molecule has 172 valence electrons. The maximum Gasteiger partial charge on any atom is 0.251 e. The molecule has 0 bridgehead atoms. The molecule has 1 aromatic heterocycles. The van der Waals surface area contributed by atoms with Crippen molar-refractivity contribution >= 4 is 23.1 Å². The minimum Gasteiger partial charge on any atom is -0.382 e. The average molecular weight is 462 g/mol. The number of nitrogens with two attached hydrogens (primary N) is 1. The van der Waals surface area contributed by atoms with Gasteiger partial charge in [0.1, 0.15) is 5.69 Å². The zero-order chi connectivity index (χ0) is 24.6. The zero-order valence-electron chi connectivity index (χ0n) is 19.1. The van der Waals surface area contributed by atoms with Gasteiger partial charge >= 0.3 is 0 Å². The van der Waals surface area contributed by atoms with Crippen molar-refractivity contribution in [2.45, 2.75) is 13.5 Å². The van der Waals surface area contributed by atoms with Crippen LogP contribution in [0.4, 0.5) is 11.5 Å². The molecule has 3 aromatic carbocycles. The number of rotatable bonds is 7. The number of hydrazone groups is 1. The molecule has 0 saturated heterocycles.